The maximum Gasteiger partial charge on any atom is 0.322 e. The van der Waals surface area contributed by atoms with E-state index in [1.54, 1.807) is 11.0 Å². The molecule has 0 unspecified atom stereocenters. The van der Waals surface area contributed by atoms with Crippen molar-refractivity contribution in [2.24, 2.45) is 0 Å². The van der Waals surface area contributed by atoms with Crippen LogP contribution in [-0.2, 0) is 21.1 Å². The van der Waals surface area contributed by atoms with E-state index >= 15 is 0 Å². The van der Waals surface area contributed by atoms with Crippen molar-refractivity contribution in [1.82, 2.24) is 10.2 Å². The summed E-state index contributed by atoms with van der Waals surface area (Å²) in [5.41, 5.74) is 2.34. The van der Waals surface area contributed by atoms with E-state index in [4.69, 9.17) is 0 Å². The number of nitrogens with one attached hydrogen (secondary N) is 1. The first-order valence-corrected chi connectivity index (χ1v) is 12.8. The molecule has 31 heavy (non-hydrogen) atoms. The molecule has 166 valence electrons. The Hall–Kier alpha value is -2.38. The second-order valence-electron chi connectivity index (χ2n) is 9.29. The molecular formula is C24H31N3O3S. The smallest absolute Gasteiger partial charge is 0.322 e. The Morgan fingerprint density at radius 1 is 0.968 bits per heavy atom. The number of hydrogen-bond acceptors (Lipinski definition) is 4. The molecule has 2 aromatic rings. The highest BCUT2D eigenvalue weighted by molar-refractivity contribution is 7.89. The van der Waals surface area contributed by atoms with Gasteiger partial charge in [-0.2, -0.15) is 0 Å². The van der Waals surface area contributed by atoms with Crippen LogP contribution in [0.4, 0.5) is 10.5 Å². The summed E-state index contributed by atoms with van der Waals surface area (Å²) in [6.45, 7) is 0.560. The third-order valence-electron chi connectivity index (χ3n) is 6.98. The Morgan fingerprint density at radius 2 is 1.58 bits per heavy atom. The van der Waals surface area contributed by atoms with Crippen LogP contribution in [0.15, 0.2) is 54.6 Å². The number of amides is 2. The van der Waals surface area contributed by atoms with Gasteiger partial charge in [0.1, 0.15) is 0 Å². The van der Waals surface area contributed by atoms with Crippen molar-refractivity contribution in [1.29, 1.82) is 0 Å². The number of carbonyl (C=O) groups is 1. The van der Waals surface area contributed by atoms with Crippen molar-refractivity contribution in [3.63, 3.8) is 0 Å². The molecule has 1 heterocycles. The lowest BCUT2D eigenvalue weighted by Gasteiger charge is -2.48. The first-order valence-electron chi connectivity index (χ1n) is 10.7. The van der Waals surface area contributed by atoms with Crippen molar-refractivity contribution in [3.8, 4) is 0 Å². The molecule has 0 atom stereocenters. The molecule has 1 saturated carbocycles. The summed E-state index contributed by atoms with van der Waals surface area (Å²) in [7, 11) is 1.06. The lowest BCUT2D eigenvalue weighted by Crippen LogP contribution is -2.54. The number of rotatable bonds is 5. The second kappa shape index (κ2) is 7.95. The number of sulfone groups is 1. The van der Waals surface area contributed by atoms with E-state index in [2.05, 4.69) is 48.6 Å². The van der Waals surface area contributed by atoms with Crippen LogP contribution in [0.25, 0.3) is 0 Å². The quantitative estimate of drug-likeness (QED) is 0.771. The van der Waals surface area contributed by atoms with E-state index in [1.165, 1.54) is 11.8 Å². The van der Waals surface area contributed by atoms with Gasteiger partial charge in [-0.25, -0.2) is 13.2 Å². The summed E-state index contributed by atoms with van der Waals surface area (Å²) >= 11 is 0. The Kier molecular flexibility index (Phi) is 5.60. The summed E-state index contributed by atoms with van der Waals surface area (Å²) in [5.74, 6) is -0.0717. The van der Waals surface area contributed by atoms with Gasteiger partial charge in [0.2, 0.25) is 0 Å². The Morgan fingerprint density at radius 3 is 2.19 bits per heavy atom. The minimum Gasteiger partial charge on any atom is -0.330 e. The van der Waals surface area contributed by atoms with E-state index in [0.29, 0.717) is 17.8 Å². The molecule has 2 aromatic carbocycles. The molecule has 1 aliphatic carbocycles. The molecule has 6 nitrogen and oxygen atoms in total. The maximum absolute atomic E-state index is 13.0. The third kappa shape index (κ3) is 4.21. The second-order valence-corrected chi connectivity index (χ2v) is 11.4. The highest BCUT2D eigenvalue weighted by Gasteiger charge is 2.50. The fourth-order valence-electron chi connectivity index (χ4n) is 5.25. The number of hydrogen-bond donors (Lipinski definition) is 1. The van der Waals surface area contributed by atoms with E-state index in [9.17, 15) is 13.2 Å². The predicted molar refractivity (Wildman–Crippen MR) is 124 cm³/mol. The van der Waals surface area contributed by atoms with Crippen molar-refractivity contribution in [2.45, 2.75) is 42.5 Å². The van der Waals surface area contributed by atoms with Crippen LogP contribution in [0, 0.1) is 0 Å². The average Bonchev–Trinajstić information content (AvgIpc) is 3.04. The van der Waals surface area contributed by atoms with Crippen LogP contribution in [-0.4, -0.2) is 51.8 Å². The summed E-state index contributed by atoms with van der Waals surface area (Å²) in [4.78, 5) is 17.0. The first kappa shape index (κ1) is 21.8. The number of carbonyl (C=O) groups excluding carboxylic acids is 1. The minimum atomic E-state index is -3.20. The Balaban J connectivity index is 1.57. The fourth-order valence-corrected chi connectivity index (χ4v) is 6.06. The Labute approximate surface area is 185 Å². The fraction of sp³-hybridized carbons (Fsp3) is 0.458. The number of para-hydroxylation sites is 1. The van der Waals surface area contributed by atoms with Crippen LogP contribution in [0.1, 0.15) is 36.8 Å². The van der Waals surface area contributed by atoms with Gasteiger partial charge in [-0.3, -0.25) is 9.80 Å². The van der Waals surface area contributed by atoms with Gasteiger partial charge in [-0.1, -0.05) is 48.5 Å². The molecule has 0 aromatic heterocycles. The van der Waals surface area contributed by atoms with Crippen LogP contribution in [0.2, 0.25) is 0 Å². The van der Waals surface area contributed by atoms with Gasteiger partial charge in [0.05, 0.1) is 17.8 Å². The molecule has 4 rings (SSSR count). The van der Waals surface area contributed by atoms with Gasteiger partial charge in [0.15, 0.2) is 9.84 Å². The molecule has 0 bridgehead atoms. The third-order valence-corrected chi connectivity index (χ3v) is 7.81. The molecular weight excluding hydrogens is 410 g/mol. The average molecular weight is 442 g/mol. The van der Waals surface area contributed by atoms with Crippen molar-refractivity contribution in [2.75, 3.05) is 31.8 Å². The summed E-state index contributed by atoms with van der Waals surface area (Å²) in [6, 6.07) is 17.8. The normalized spacial score (nSPS) is 26.5. The van der Waals surface area contributed by atoms with Gasteiger partial charge in [-0.15, -0.1) is 0 Å². The zero-order valence-corrected chi connectivity index (χ0v) is 19.3. The highest BCUT2D eigenvalue weighted by Crippen LogP contribution is 2.46. The SMILES string of the molecule is CN(C)C1(c2ccccc2)CCC2(CC1)CN(c1ccccc1CS(C)(=O)=O)C(=O)N2. The molecule has 0 radical (unpaired) electrons. The first-order chi connectivity index (χ1) is 14.6. The molecule has 1 saturated heterocycles. The standard InChI is InChI=1S/C24H31N3O3S/c1-26(2)24(20-10-5-4-6-11-20)15-13-23(14-16-24)18-27(22(28)25-23)21-12-8-7-9-19(21)17-31(3,29)30/h4-12H,13-18H2,1-3H3,(H,25,28). The van der Waals surface area contributed by atoms with Crippen molar-refractivity contribution in [3.05, 3.63) is 65.7 Å². The van der Waals surface area contributed by atoms with Gasteiger partial charge in [0.25, 0.3) is 0 Å². The van der Waals surface area contributed by atoms with E-state index in [0.717, 1.165) is 25.7 Å². The van der Waals surface area contributed by atoms with Crippen LogP contribution in [0.5, 0.6) is 0 Å². The van der Waals surface area contributed by atoms with Gasteiger partial charge >= 0.3 is 6.03 Å². The van der Waals surface area contributed by atoms with Crippen molar-refractivity contribution < 1.29 is 13.2 Å². The predicted octanol–water partition coefficient (Wildman–Crippen LogP) is 3.53. The van der Waals surface area contributed by atoms with Gasteiger partial charge in [-0.05, 0) is 57.0 Å². The molecule has 1 aliphatic heterocycles. The molecule has 2 aliphatic rings. The van der Waals surface area contributed by atoms with Crippen LogP contribution >= 0.6 is 0 Å². The van der Waals surface area contributed by atoms with Crippen molar-refractivity contribution >= 4 is 21.6 Å². The lowest BCUT2D eigenvalue weighted by atomic mass is 9.69. The molecule has 1 spiro atoms. The zero-order valence-electron chi connectivity index (χ0n) is 18.5. The summed E-state index contributed by atoms with van der Waals surface area (Å²) in [6.07, 6.45) is 4.86. The topological polar surface area (TPSA) is 69.7 Å². The van der Waals surface area contributed by atoms with Gasteiger partial charge < -0.3 is 5.32 Å². The number of benzene rings is 2. The van der Waals surface area contributed by atoms with Gasteiger partial charge in [0, 0.05) is 17.5 Å². The monoisotopic (exact) mass is 441 g/mol. The zero-order chi connectivity index (χ0) is 22.3. The highest BCUT2D eigenvalue weighted by atomic mass is 32.2. The number of nitrogens with zero attached hydrogens (tertiary/aromatic N) is 2. The van der Waals surface area contributed by atoms with E-state index < -0.39 is 9.84 Å². The number of urea groups is 1. The van der Waals surface area contributed by atoms with Crippen LogP contribution < -0.4 is 10.2 Å². The molecule has 1 N–H and O–H groups in total. The number of anilines is 1. The summed E-state index contributed by atoms with van der Waals surface area (Å²) in [5, 5.41) is 3.26. The largest absolute Gasteiger partial charge is 0.330 e. The maximum atomic E-state index is 13.0. The van der Waals surface area contributed by atoms with E-state index in [1.807, 2.05) is 24.3 Å². The molecule has 7 heteroatoms. The summed E-state index contributed by atoms with van der Waals surface area (Å²) < 4.78 is 23.8. The Bertz CT molecular complexity index is 1060. The van der Waals surface area contributed by atoms with Crippen LogP contribution in [0.3, 0.4) is 0 Å². The molecule has 2 fully saturated rings. The lowest BCUT2D eigenvalue weighted by molar-refractivity contribution is 0.0658. The van der Waals surface area contributed by atoms with E-state index in [-0.39, 0.29) is 22.9 Å². The molecule has 2 amide bonds. The minimum absolute atomic E-state index is 0.0428.